The molecular weight excluding hydrogens is 377 g/mol. The average Bonchev–Trinajstić information content (AvgIpc) is 3.12. The fourth-order valence-corrected chi connectivity index (χ4v) is 2.12. The molecular formula is C18H19ClFN3O4. The predicted octanol–water partition coefficient (Wildman–Crippen LogP) is 2.86. The second kappa shape index (κ2) is 9.72. The summed E-state index contributed by atoms with van der Waals surface area (Å²) in [5, 5.41) is 5.16. The van der Waals surface area contributed by atoms with Crippen molar-refractivity contribution < 1.29 is 23.1 Å². The van der Waals surface area contributed by atoms with Crippen molar-refractivity contribution in [3.8, 4) is 5.75 Å². The van der Waals surface area contributed by atoms with Crippen LogP contribution >= 0.6 is 11.6 Å². The van der Waals surface area contributed by atoms with E-state index >= 15 is 0 Å². The molecule has 0 saturated heterocycles. The first-order valence-corrected chi connectivity index (χ1v) is 8.55. The molecule has 1 aromatic carbocycles. The quantitative estimate of drug-likeness (QED) is 0.681. The van der Waals surface area contributed by atoms with Crippen molar-refractivity contribution in [1.82, 2.24) is 15.6 Å². The molecule has 0 aliphatic rings. The van der Waals surface area contributed by atoms with E-state index in [4.69, 9.17) is 20.8 Å². The van der Waals surface area contributed by atoms with Crippen molar-refractivity contribution in [3.63, 3.8) is 0 Å². The summed E-state index contributed by atoms with van der Waals surface area (Å²) in [5.74, 6) is -0.786. The molecule has 144 valence electrons. The molecule has 2 N–H and O–H groups in total. The Hall–Kier alpha value is -2.87. The third-order valence-electron chi connectivity index (χ3n) is 3.38. The Morgan fingerprint density at radius 1 is 1.41 bits per heavy atom. The van der Waals surface area contributed by atoms with E-state index in [1.54, 1.807) is 0 Å². The van der Waals surface area contributed by atoms with Crippen molar-refractivity contribution in [3.05, 3.63) is 59.2 Å². The number of nitrogens with one attached hydrogen (secondary N) is 2. The fourth-order valence-electron chi connectivity index (χ4n) is 2.01. The summed E-state index contributed by atoms with van der Waals surface area (Å²) in [7, 11) is 0. The van der Waals surface area contributed by atoms with Crippen molar-refractivity contribution >= 4 is 23.4 Å². The Bertz CT molecular complexity index is 838. The molecule has 0 aliphatic carbocycles. The highest BCUT2D eigenvalue weighted by atomic mass is 35.5. The summed E-state index contributed by atoms with van der Waals surface area (Å²) < 4.78 is 23.6. The molecule has 2 aromatic rings. The van der Waals surface area contributed by atoms with Crippen LogP contribution in [0.25, 0.3) is 0 Å². The van der Waals surface area contributed by atoms with E-state index in [0.29, 0.717) is 24.4 Å². The number of amides is 2. The molecule has 9 heteroatoms. The number of oxazole rings is 1. The topological polar surface area (TPSA) is 93.5 Å². The van der Waals surface area contributed by atoms with Gasteiger partial charge in [-0.3, -0.25) is 9.59 Å². The highest BCUT2D eigenvalue weighted by molar-refractivity contribution is 6.30. The number of rotatable bonds is 9. The first-order chi connectivity index (χ1) is 12.9. The minimum absolute atomic E-state index is 0.0289. The maximum atomic E-state index is 13.3. The normalized spacial score (nSPS) is 10.3. The van der Waals surface area contributed by atoms with E-state index in [1.807, 2.05) is 6.92 Å². The van der Waals surface area contributed by atoms with Crippen LogP contribution in [0.3, 0.4) is 0 Å². The lowest BCUT2D eigenvalue weighted by atomic mass is 10.3. The Labute approximate surface area is 160 Å². The monoisotopic (exact) mass is 395 g/mol. The smallest absolute Gasteiger partial charge is 0.273 e. The number of aryl methyl sites for hydroxylation is 1. The SMILES string of the molecule is C=C(CCNC(=O)c1coc(CC)n1)NC(=O)COc1ccc(Cl)c(F)c1. The van der Waals surface area contributed by atoms with E-state index in [1.165, 1.54) is 18.4 Å². The largest absolute Gasteiger partial charge is 0.484 e. The molecule has 1 aromatic heterocycles. The second-order valence-electron chi connectivity index (χ2n) is 5.50. The Morgan fingerprint density at radius 3 is 2.85 bits per heavy atom. The molecule has 2 amide bonds. The summed E-state index contributed by atoms with van der Waals surface area (Å²) in [5.41, 5.74) is 0.602. The van der Waals surface area contributed by atoms with Crippen LogP contribution < -0.4 is 15.4 Å². The third kappa shape index (κ3) is 6.41. The van der Waals surface area contributed by atoms with E-state index in [0.717, 1.165) is 6.07 Å². The van der Waals surface area contributed by atoms with Gasteiger partial charge in [-0.25, -0.2) is 9.37 Å². The van der Waals surface area contributed by atoms with Gasteiger partial charge >= 0.3 is 0 Å². The Kier molecular flexibility index (Phi) is 7.36. The van der Waals surface area contributed by atoms with Crippen molar-refractivity contribution in [1.29, 1.82) is 0 Å². The number of benzene rings is 1. The number of halogens is 2. The van der Waals surface area contributed by atoms with Crippen LogP contribution in [0.5, 0.6) is 5.75 Å². The highest BCUT2D eigenvalue weighted by Crippen LogP contribution is 2.20. The van der Waals surface area contributed by atoms with Gasteiger partial charge in [-0.15, -0.1) is 0 Å². The zero-order chi connectivity index (χ0) is 19.8. The minimum atomic E-state index is -0.632. The van der Waals surface area contributed by atoms with Crippen LogP contribution in [0, 0.1) is 5.82 Å². The summed E-state index contributed by atoms with van der Waals surface area (Å²) >= 11 is 5.57. The van der Waals surface area contributed by atoms with Gasteiger partial charge in [-0.1, -0.05) is 25.1 Å². The van der Waals surface area contributed by atoms with Gasteiger partial charge in [-0.05, 0) is 12.1 Å². The predicted molar refractivity (Wildman–Crippen MR) is 97.0 cm³/mol. The molecule has 7 nitrogen and oxygen atoms in total. The standard InChI is InChI=1S/C18H19ClFN3O4/c1-3-17-23-15(9-27-17)18(25)21-7-6-11(2)22-16(24)10-26-12-4-5-13(19)14(20)8-12/h4-5,8-9H,2-3,6-7,10H2,1H3,(H,21,25)(H,22,24). The molecule has 0 spiro atoms. The Balaban J connectivity index is 1.67. The highest BCUT2D eigenvalue weighted by Gasteiger charge is 2.11. The van der Waals surface area contributed by atoms with Crippen molar-refractivity contribution in [2.75, 3.05) is 13.2 Å². The number of nitrogens with zero attached hydrogens (tertiary/aromatic N) is 1. The van der Waals surface area contributed by atoms with E-state index in [9.17, 15) is 14.0 Å². The number of carbonyl (C=O) groups is 2. The minimum Gasteiger partial charge on any atom is -0.484 e. The number of hydrogen-bond donors (Lipinski definition) is 2. The zero-order valence-corrected chi connectivity index (χ0v) is 15.4. The number of aromatic nitrogens is 1. The van der Waals surface area contributed by atoms with E-state index < -0.39 is 11.7 Å². The summed E-state index contributed by atoms with van der Waals surface area (Å²) in [4.78, 5) is 27.7. The van der Waals surface area contributed by atoms with Gasteiger partial charge in [0, 0.05) is 31.1 Å². The molecule has 0 atom stereocenters. The van der Waals surface area contributed by atoms with Gasteiger partial charge in [-0.2, -0.15) is 0 Å². The van der Waals surface area contributed by atoms with Gasteiger partial charge < -0.3 is 19.8 Å². The van der Waals surface area contributed by atoms with Crippen LogP contribution in [-0.4, -0.2) is 29.9 Å². The van der Waals surface area contributed by atoms with E-state index in [2.05, 4.69) is 22.2 Å². The number of carbonyl (C=O) groups excluding carboxylic acids is 2. The van der Waals surface area contributed by atoms with Gasteiger partial charge in [0.25, 0.3) is 11.8 Å². The summed E-state index contributed by atoms with van der Waals surface area (Å²) in [6, 6.07) is 3.88. The molecule has 0 radical (unpaired) electrons. The van der Waals surface area contributed by atoms with Gasteiger partial charge in [0.1, 0.15) is 17.8 Å². The lowest BCUT2D eigenvalue weighted by Crippen LogP contribution is -2.31. The van der Waals surface area contributed by atoms with Crippen molar-refractivity contribution in [2.45, 2.75) is 19.8 Å². The number of ether oxygens (including phenoxy) is 1. The second-order valence-corrected chi connectivity index (χ2v) is 5.91. The van der Waals surface area contributed by atoms with E-state index in [-0.39, 0.29) is 35.5 Å². The average molecular weight is 396 g/mol. The van der Waals surface area contributed by atoms with Crippen LogP contribution in [-0.2, 0) is 11.2 Å². The molecule has 27 heavy (non-hydrogen) atoms. The summed E-state index contributed by atoms with van der Waals surface area (Å²) in [6.07, 6.45) is 2.22. The lowest BCUT2D eigenvalue weighted by Gasteiger charge is -2.10. The van der Waals surface area contributed by atoms with Crippen LogP contribution in [0.1, 0.15) is 29.7 Å². The van der Waals surface area contributed by atoms with Crippen LogP contribution in [0.15, 0.2) is 41.2 Å². The molecule has 0 aliphatic heterocycles. The third-order valence-corrected chi connectivity index (χ3v) is 3.68. The molecule has 0 fully saturated rings. The maximum absolute atomic E-state index is 13.3. The maximum Gasteiger partial charge on any atom is 0.273 e. The van der Waals surface area contributed by atoms with Gasteiger partial charge in [0.2, 0.25) is 0 Å². The lowest BCUT2D eigenvalue weighted by molar-refractivity contribution is -0.122. The first-order valence-electron chi connectivity index (χ1n) is 8.17. The van der Waals surface area contributed by atoms with Gasteiger partial charge in [0.05, 0.1) is 5.02 Å². The molecule has 0 unspecified atom stereocenters. The first kappa shape index (κ1) is 20.4. The van der Waals surface area contributed by atoms with Crippen LogP contribution in [0.2, 0.25) is 5.02 Å². The fraction of sp³-hybridized carbons (Fsp3) is 0.278. The Morgan fingerprint density at radius 2 is 2.19 bits per heavy atom. The molecule has 0 saturated carbocycles. The van der Waals surface area contributed by atoms with Crippen molar-refractivity contribution in [2.24, 2.45) is 0 Å². The van der Waals surface area contributed by atoms with Crippen LogP contribution in [0.4, 0.5) is 4.39 Å². The van der Waals surface area contributed by atoms with Gasteiger partial charge in [0.15, 0.2) is 18.2 Å². The molecule has 2 rings (SSSR count). The zero-order valence-electron chi connectivity index (χ0n) is 14.7. The molecule has 1 heterocycles. The summed E-state index contributed by atoms with van der Waals surface area (Å²) in [6.45, 7) is 5.53. The number of hydrogen-bond acceptors (Lipinski definition) is 5. The molecule has 0 bridgehead atoms.